The zero-order valence-electron chi connectivity index (χ0n) is 11.0. The summed E-state index contributed by atoms with van der Waals surface area (Å²) in [6.45, 7) is 2.87. The number of nitrogens with zero attached hydrogens (tertiary/aromatic N) is 1. The Morgan fingerprint density at radius 3 is 2.95 bits per heavy atom. The molecule has 0 unspecified atom stereocenters. The van der Waals surface area contributed by atoms with Gasteiger partial charge in [-0.05, 0) is 25.5 Å². The maximum atomic E-state index is 11.8. The van der Waals surface area contributed by atoms with Gasteiger partial charge in [0, 0.05) is 31.3 Å². The lowest BCUT2D eigenvalue weighted by atomic mass is 10.2. The molecule has 3 N–H and O–H groups in total. The van der Waals surface area contributed by atoms with E-state index in [1.807, 2.05) is 0 Å². The van der Waals surface area contributed by atoms with Crippen LogP contribution in [0.5, 0.6) is 0 Å². The number of nitrogens with one attached hydrogen (secondary N) is 1. The number of esters is 1. The van der Waals surface area contributed by atoms with Crippen LogP contribution in [-0.2, 0) is 16.1 Å². The summed E-state index contributed by atoms with van der Waals surface area (Å²) in [5, 5.41) is 2.73. The molecule has 0 atom stereocenters. The average Bonchev–Trinajstić information content (AvgIpc) is 2.43. The highest BCUT2D eigenvalue weighted by molar-refractivity contribution is 5.94. The first-order valence-electron chi connectivity index (χ1n) is 6.26. The Bertz CT molecular complexity index is 435. The molecular weight excluding hydrogens is 246 g/mol. The molecule has 0 aliphatic carbocycles. The molecule has 19 heavy (non-hydrogen) atoms. The molecule has 0 saturated carbocycles. The van der Waals surface area contributed by atoms with E-state index in [2.05, 4.69) is 10.3 Å². The quantitative estimate of drug-likeness (QED) is 0.556. The number of pyridine rings is 1. The highest BCUT2D eigenvalue weighted by Gasteiger charge is 2.06. The van der Waals surface area contributed by atoms with Crippen molar-refractivity contribution in [3.63, 3.8) is 0 Å². The lowest BCUT2D eigenvalue weighted by molar-refractivity contribution is -0.143. The lowest BCUT2D eigenvalue weighted by Gasteiger charge is -2.06. The Labute approximate surface area is 112 Å². The number of hydrogen-bond acceptors (Lipinski definition) is 5. The normalized spacial score (nSPS) is 10.0. The molecule has 1 heterocycles. The first kappa shape index (κ1) is 15.1. The number of ether oxygens (including phenoxy) is 1. The van der Waals surface area contributed by atoms with Crippen LogP contribution >= 0.6 is 0 Å². The van der Waals surface area contributed by atoms with Crippen LogP contribution in [0, 0.1) is 0 Å². The van der Waals surface area contributed by atoms with E-state index < -0.39 is 0 Å². The molecule has 0 aliphatic rings. The monoisotopic (exact) mass is 265 g/mol. The Balaban J connectivity index is 2.33. The van der Waals surface area contributed by atoms with Crippen LogP contribution in [-0.4, -0.2) is 30.0 Å². The van der Waals surface area contributed by atoms with Crippen molar-refractivity contribution in [2.45, 2.75) is 26.3 Å². The van der Waals surface area contributed by atoms with E-state index in [-0.39, 0.29) is 11.9 Å². The fourth-order valence-corrected chi connectivity index (χ4v) is 1.50. The third-order valence-electron chi connectivity index (χ3n) is 2.44. The standard InChI is InChI=1S/C13H19N3O3/c1-2-19-12(17)4-3-6-16-13(18)10-5-7-15-11(8-10)9-14/h5,7-8H,2-4,6,9,14H2,1H3,(H,16,18). The lowest BCUT2D eigenvalue weighted by Crippen LogP contribution is -2.25. The number of nitrogens with two attached hydrogens (primary N) is 1. The fraction of sp³-hybridized carbons (Fsp3) is 0.462. The number of rotatable bonds is 7. The summed E-state index contributed by atoms with van der Waals surface area (Å²) < 4.78 is 4.79. The smallest absolute Gasteiger partial charge is 0.305 e. The highest BCUT2D eigenvalue weighted by atomic mass is 16.5. The summed E-state index contributed by atoms with van der Waals surface area (Å²) in [6, 6.07) is 3.28. The molecule has 1 amide bonds. The zero-order chi connectivity index (χ0) is 14.1. The van der Waals surface area contributed by atoms with E-state index in [9.17, 15) is 9.59 Å². The van der Waals surface area contributed by atoms with E-state index in [0.717, 1.165) is 0 Å². The molecule has 6 nitrogen and oxygen atoms in total. The number of carbonyl (C=O) groups is 2. The topological polar surface area (TPSA) is 94.3 Å². The van der Waals surface area contributed by atoms with Crippen molar-refractivity contribution in [2.24, 2.45) is 5.73 Å². The second-order valence-corrected chi connectivity index (χ2v) is 3.90. The van der Waals surface area contributed by atoms with E-state index in [1.54, 1.807) is 25.3 Å². The van der Waals surface area contributed by atoms with Crippen LogP contribution < -0.4 is 11.1 Å². The largest absolute Gasteiger partial charge is 0.466 e. The van der Waals surface area contributed by atoms with Crippen molar-refractivity contribution >= 4 is 11.9 Å². The van der Waals surface area contributed by atoms with Crippen molar-refractivity contribution in [3.05, 3.63) is 29.6 Å². The maximum Gasteiger partial charge on any atom is 0.305 e. The first-order chi connectivity index (χ1) is 9.17. The van der Waals surface area contributed by atoms with Gasteiger partial charge in [0.2, 0.25) is 0 Å². The van der Waals surface area contributed by atoms with Crippen LogP contribution in [0.2, 0.25) is 0 Å². The van der Waals surface area contributed by atoms with E-state index in [0.29, 0.717) is 43.8 Å². The Morgan fingerprint density at radius 1 is 1.47 bits per heavy atom. The van der Waals surface area contributed by atoms with Crippen LogP contribution in [0.4, 0.5) is 0 Å². The SMILES string of the molecule is CCOC(=O)CCCNC(=O)c1ccnc(CN)c1. The van der Waals surface area contributed by atoms with Gasteiger partial charge in [0.05, 0.1) is 12.3 Å². The molecule has 0 radical (unpaired) electrons. The fourth-order valence-electron chi connectivity index (χ4n) is 1.50. The van der Waals surface area contributed by atoms with Crippen LogP contribution in [0.3, 0.4) is 0 Å². The van der Waals surface area contributed by atoms with Gasteiger partial charge in [-0.2, -0.15) is 0 Å². The summed E-state index contributed by atoms with van der Waals surface area (Å²) in [7, 11) is 0. The van der Waals surface area contributed by atoms with Gasteiger partial charge in [-0.25, -0.2) is 0 Å². The van der Waals surface area contributed by atoms with Gasteiger partial charge >= 0.3 is 5.97 Å². The minimum absolute atomic E-state index is 0.194. The summed E-state index contributed by atoms with van der Waals surface area (Å²) >= 11 is 0. The van der Waals surface area contributed by atoms with Gasteiger partial charge in [-0.1, -0.05) is 0 Å². The molecule has 0 fully saturated rings. The van der Waals surface area contributed by atoms with Crippen molar-refractivity contribution in [2.75, 3.05) is 13.2 Å². The van der Waals surface area contributed by atoms with E-state index >= 15 is 0 Å². The number of amides is 1. The van der Waals surface area contributed by atoms with Gasteiger partial charge in [0.1, 0.15) is 0 Å². The Morgan fingerprint density at radius 2 is 2.26 bits per heavy atom. The molecule has 0 spiro atoms. The maximum absolute atomic E-state index is 11.8. The highest BCUT2D eigenvalue weighted by Crippen LogP contribution is 2.01. The minimum Gasteiger partial charge on any atom is -0.466 e. The molecular formula is C13H19N3O3. The minimum atomic E-state index is -0.244. The molecule has 0 aromatic carbocycles. The number of hydrogen-bond donors (Lipinski definition) is 2. The van der Waals surface area contributed by atoms with Gasteiger partial charge < -0.3 is 15.8 Å². The molecule has 1 aromatic heterocycles. The second kappa shape index (κ2) is 8.20. The molecule has 1 rings (SSSR count). The summed E-state index contributed by atoms with van der Waals surface area (Å²) in [5.74, 6) is -0.438. The Hall–Kier alpha value is -1.95. The van der Waals surface area contributed by atoms with Crippen LogP contribution in [0.1, 0.15) is 35.8 Å². The van der Waals surface area contributed by atoms with Crippen molar-refractivity contribution < 1.29 is 14.3 Å². The summed E-state index contributed by atoms with van der Waals surface area (Å²) in [4.78, 5) is 26.9. The third kappa shape index (κ3) is 5.48. The Kier molecular flexibility index (Phi) is 6.52. The molecule has 0 aliphatic heterocycles. The average molecular weight is 265 g/mol. The molecule has 0 bridgehead atoms. The number of aromatic nitrogens is 1. The predicted octanol–water partition coefficient (Wildman–Crippen LogP) is 0.613. The summed E-state index contributed by atoms with van der Waals surface area (Å²) in [5.41, 5.74) is 6.64. The van der Waals surface area contributed by atoms with Crippen LogP contribution in [0.15, 0.2) is 18.3 Å². The summed E-state index contributed by atoms with van der Waals surface area (Å²) in [6.07, 6.45) is 2.41. The van der Waals surface area contributed by atoms with Crippen LogP contribution in [0.25, 0.3) is 0 Å². The van der Waals surface area contributed by atoms with Crippen molar-refractivity contribution in [3.8, 4) is 0 Å². The predicted molar refractivity (Wildman–Crippen MR) is 70.3 cm³/mol. The molecule has 6 heteroatoms. The van der Waals surface area contributed by atoms with Crippen molar-refractivity contribution in [1.82, 2.24) is 10.3 Å². The molecule has 0 saturated heterocycles. The first-order valence-corrected chi connectivity index (χ1v) is 6.26. The van der Waals surface area contributed by atoms with Gasteiger partial charge in [-0.15, -0.1) is 0 Å². The third-order valence-corrected chi connectivity index (χ3v) is 2.44. The van der Waals surface area contributed by atoms with Gasteiger partial charge in [0.25, 0.3) is 5.91 Å². The van der Waals surface area contributed by atoms with E-state index in [1.165, 1.54) is 0 Å². The van der Waals surface area contributed by atoms with Gasteiger partial charge in [-0.3, -0.25) is 14.6 Å². The zero-order valence-corrected chi connectivity index (χ0v) is 11.0. The number of carbonyl (C=O) groups excluding carboxylic acids is 2. The molecule has 1 aromatic rings. The van der Waals surface area contributed by atoms with Crippen molar-refractivity contribution in [1.29, 1.82) is 0 Å². The molecule has 104 valence electrons. The van der Waals surface area contributed by atoms with E-state index in [4.69, 9.17) is 10.5 Å². The van der Waals surface area contributed by atoms with Gasteiger partial charge in [0.15, 0.2) is 0 Å². The second-order valence-electron chi connectivity index (χ2n) is 3.90.